The van der Waals surface area contributed by atoms with Gasteiger partial charge in [0.05, 0.1) is 0 Å². The molecule has 0 saturated carbocycles. The molecule has 2 nitrogen and oxygen atoms in total. The van der Waals surface area contributed by atoms with Gasteiger partial charge in [0.1, 0.15) is 0 Å². The Balaban J connectivity index is 4.69. The first-order chi connectivity index (χ1) is 7.64. The molecule has 0 aromatic rings. The molecule has 0 spiro atoms. The number of hydrogen-bond acceptors (Lipinski definition) is 2. The van der Waals surface area contributed by atoms with Crippen LogP contribution in [0.5, 0.6) is 0 Å². The second-order valence-corrected chi connectivity index (χ2v) is 14.7. The van der Waals surface area contributed by atoms with Crippen LogP contribution in [0.25, 0.3) is 0 Å². The molecule has 0 rings (SSSR count). The Labute approximate surface area is 103 Å². The van der Waals surface area contributed by atoms with Gasteiger partial charge in [0.25, 0.3) is 0 Å². The van der Waals surface area contributed by atoms with Crippen molar-refractivity contribution in [1.82, 2.24) is 0 Å². The van der Waals surface area contributed by atoms with E-state index < -0.39 is 18.8 Å². The van der Waals surface area contributed by atoms with Crippen molar-refractivity contribution in [1.29, 1.82) is 0 Å². The minimum atomic E-state index is -2.90. The molecule has 0 aromatic heterocycles. The van der Waals surface area contributed by atoms with Gasteiger partial charge in [-0.25, -0.2) is 0 Å². The molecular formula is C13H22O2Sn. The van der Waals surface area contributed by atoms with E-state index >= 15 is 0 Å². The third kappa shape index (κ3) is 5.54. The van der Waals surface area contributed by atoms with Crippen LogP contribution >= 0.6 is 0 Å². The van der Waals surface area contributed by atoms with E-state index in [9.17, 15) is 4.79 Å². The summed E-state index contributed by atoms with van der Waals surface area (Å²) in [6.45, 7) is 13.2. The Kier molecular flexibility index (Phi) is 8.34. The monoisotopic (exact) mass is 330 g/mol. The van der Waals surface area contributed by atoms with Crippen molar-refractivity contribution < 1.29 is 7.87 Å². The Morgan fingerprint density at radius 3 is 1.88 bits per heavy atom. The zero-order valence-corrected chi connectivity index (χ0v) is 13.1. The van der Waals surface area contributed by atoms with E-state index in [1.165, 1.54) is 0 Å². The predicted molar refractivity (Wildman–Crippen MR) is 71.8 cm³/mol. The Morgan fingerprint density at radius 2 is 1.56 bits per heavy atom. The summed E-state index contributed by atoms with van der Waals surface area (Å²) >= 11 is -2.90. The molecule has 0 aliphatic heterocycles. The standard InChI is InChI=1S/C4H8O2.3C3H5.Sn/c1-2-3-4(5)6;3*1-3-2;/h2-3H2,1H3,(H,5,6);3*3H,1-2H2;/q;;;;+1/p-1. The van der Waals surface area contributed by atoms with Crippen molar-refractivity contribution in [2.45, 2.75) is 33.1 Å². The first kappa shape index (κ1) is 15.5. The van der Waals surface area contributed by atoms with E-state index in [1.807, 2.05) is 25.2 Å². The summed E-state index contributed by atoms with van der Waals surface area (Å²) in [6, 6.07) is 0. The molecule has 0 amide bonds. The SMILES string of the molecule is C=C[CH2][Sn]([CH2]C=C)([CH2]C=C)[O]C(=O)CCC. The number of carbonyl (C=O) groups excluding carboxylic acids is 1. The summed E-state index contributed by atoms with van der Waals surface area (Å²) in [5, 5.41) is 0. The number of carbonyl (C=O) groups is 1. The zero-order valence-electron chi connectivity index (χ0n) is 10.2. The van der Waals surface area contributed by atoms with Crippen molar-refractivity contribution >= 4 is 24.8 Å². The van der Waals surface area contributed by atoms with Crippen molar-refractivity contribution in [2.24, 2.45) is 0 Å². The third-order valence-corrected chi connectivity index (χ3v) is 13.1. The van der Waals surface area contributed by atoms with Crippen LogP contribution in [0.3, 0.4) is 0 Å². The van der Waals surface area contributed by atoms with E-state index in [0.29, 0.717) is 6.42 Å². The molecule has 0 atom stereocenters. The van der Waals surface area contributed by atoms with Crippen LogP contribution in [0.4, 0.5) is 0 Å². The molecule has 3 heteroatoms. The van der Waals surface area contributed by atoms with E-state index in [1.54, 1.807) is 0 Å². The molecule has 0 aliphatic carbocycles. The van der Waals surface area contributed by atoms with Crippen LogP contribution < -0.4 is 0 Å². The molecule has 0 N–H and O–H groups in total. The van der Waals surface area contributed by atoms with Gasteiger partial charge in [-0.3, -0.25) is 0 Å². The first-order valence-electron chi connectivity index (χ1n) is 5.68. The fourth-order valence-corrected chi connectivity index (χ4v) is 9.98. The molecule has 0 aromatic carbocycles. The van der Waals surface area contributed by atoms with Crippen molar-refractivity contribution in [3.8, 4) is 0 Å². The van der Waals surface area contributed by atoms with E-state index in [4.69, 9.17) is 3.07 Å². The average molecular weight is 329 g/mol. The van der Waals surface area contributed by atoms with Gasteiger partial charge in [0, 0.05) is 0 Å². The van der Waals surface area contributed by atoms with Crippen LogP contribution in [-0.2, 0) is 7.87 Å². The molecule has 0 saturated heterocycles. The second kappa shape index (κ2) is 8.62. The Bertz CT molecular complexity index is 232. The number of hydrogen-bond donors (Lipinski definition) is 0. The Hall–Kier alpha value is -0.511. The number of rotatable bonds is 9. The summed E-state index contributed by atoms with van der Waals surface area (Å²) in [5.74, 6) is -0.0659. The molecular weight excluding hydrogens is 307 g/mol. The molecule has 0 radical (unpaired) electrons. The second-order valence-electron chi connectivity index (χ2n) is 3.89. The van der Waals surface area contributed by atoms with Gasteiger partial charge < -0.3 is 0 Å². The van der Waals surface area contributed by atoms with Gasteiger partial charge in [-0.05, 0) is 0 Å². The summed E-state index contributed by atoms with van der Waals surface area (Å²) in [6.07, 6.45) is 6.92. The third-order valence-electron chi connectivity index (χ3n) is 2.33. The van der Waals surface area contributed by atoms with Crippen molar-refractivity contribution in [2.75, 3.05) is 0 Å². The molecule has 90 valence electrons. The van der Waals surface area contributed by atoms with E-state index in [2.05, 4.69) is 19.7 Å². The van der Waals surface area contributed by atoms with Crippen LogP contribution in [0.1, 0.15) is 19.8 Å². The molecule has 0 heterocycles. The van der Waals surface area contributed by atoms with Gasteiger partial charge in [-0.1, -0.05) is 0 Å². The van der Waals surface area contributed by atoms with Crippen LogP contribution in [0.2, 0.25) is 13.3 Å². The summed E-state index contributed by atoms with van der Waals surface area (Å²) in [5.41, 5.74) is 0. The van der Waals surface area contributed by atoms with Gasteiger partial charge >= 0.3 is 104 Å². The Morgan fingerprint density at radius 1 is 1.12 bits per heavy atom. The maximum atomic E-state index is 11.6. The molecule has 0 bridgehead atoms. The average Bonchev–Trinajstić information content (AvgIpc) is 2.18. The van der Waals surface area contributed by atoms with Gasteiger partial charge in [-0.2, -0.15) is 0 Å². The molecule has 0 unspecified atom stereocenters. The quantitative estimate of drug-likeness (QED) is 0.475. The molecule has 16 heavy (non-hydrogen) atoms. The fraction of sp³-hybridized carbons (Fsp3) is 0.462. The summed E-state index contributed by atoms with van der Waals surface area (Å²) < 4.78 is 8.26. The molecule has 0 aliphatic rings. The topological polar surface area (TPSA) is 26.3 Å². The van der Waals surface area contributed by atoms with E-state index in [-0.39, 0.29) is 5.97 Å². The fourth-order valence-electron chi connectivity index (χ4n) is 1.66. The number of allylic oxidation sites excluding steroid dienone is 3. The van der Waals surface area contributed by atoms with Gasteiger partial charge in [0.2, 0.25) is 0 Å². The zero-order chi connectivity index (χ0) is 12.4. The van der Waals surface area contributed by atoms with Crippen molar-refractivity contribution in [3.63, 3.8) is 0 Å². The maximum absolute atomic E-state index is 11.6. The minimum absolute atomic E-state index is 0.0659. The van der Waals surface area contributed by atoms with Crippen LogP contribution in [0, 0.1) is 0 Å². The summed E-state index contributed by atoms with van der Waals surface area (Å²) in [4.78, 5) is 11.6. The van der Waals surface area contributed by atoms with E-state index in [0.717, 1.165) is 19.7 Å². The van der Waals surface area contributed by atoms with Crippen molar-refractivity contribution in [3.05, 3.63) is 38.0 Å². The van der Waals surface area contributed by atoms with Gasteiger partial charge in [0.15, 0.2) is 0 Å². The first-order valence-corrected chi connectivity index (χ1v) is 12.9. The van der Waals surface area contributed by atoms with Crippen LogP contribution in [0.15, 0.2) is 38.0 Å². The normalized spacial score (nSPS) is 10.6. The van der Waals surface area contributed by atoms with Gasteiger partial charge in [-0.15, -0.1) is 0 Å². The van der Waals surface area contributed by atoms with Crippen LogP contribution in [-0.4, -0.2) is 24.8 Å². The summed E-state index contributed by atoms with van der Waals surface area (Å²) in [7, 11) is 0. The molecule has 0 fully saturated rings. The predicted octanol–water partition coefficient (Wildman–Crippen LogP) is 3.83.